The van der Waals surface area contributed by atoms with E-state index in [4.69, 9.17) is 9.47 Å². The lowest BCUT2D eigenvalue weighted by molar-refractivity contribution is 0.149. The fourth-order valence-electron chi connectivity index (χ4n) is 4.13. The van der Waals surface area contributed by atoms with Gasteiger partial charge in [0.25, 0.3) is 0 Å². The Labute approximate surface area is 174 Å². The molecule has 1 aliphatic heterocycles. The third kappa shape index (κ3) is 3.67. The number of aromatic nitrogens is 3. The average molecular weight is 417 g/mol. The minimum Gasteiger partial charge on any atom is -0.493 e. The van der Waals surface area contributed by atoms with Gasteiger partial charge in [0.05, 0.1) is 25.1 Å². The van der Waals surface area contributed by atoms with Crippen molar-refractivity contribution in [1.82, 2.24) is 19.5 Å². The lowest BCUT2D eigenvalue weighted by atomic mass is 9.95. The molecule has 0 aliphatic carbocycles. The monoisotopic (exact) mass is 416 g/mol. The van der Waals surface area contributed by atoms with E-state index in [0.717, 1.165) is 47.2 Å². The topological polar surface area (TPSA) is 72.1 Å². The molecule has 2 atom stereocenters. The molecule has 3 heterocycles. The van der Waals surface area contributed by atoms with Crippen LogP contribution in [0, 0.1) is 5.92 Å². The van der Waals surface area contributed by atoms with Crippen molar-refractivity contribution in [3.05, 3.63) is 34.5 Å². The fourth-order valence-corrected chi connectivity index (χ4v) is 5.27. The summed E-state index contributed by atoms with van der Waals surface area (Å²) in [5.74, 6) is 2.92. The van der Waals surface area contributed by atoms with E-state index >= 15 is 0 Å². The second kappa shape index (κ2) is 8.20. The van der Waals surface area contributed by atoms with Crippen LogP contribution in [0.5, 0.6) is 17.4 Å². The van der Waals surface area contributed by atoms with Crippen molar-refractivity contribution in [2.75, 3.05) is 27.3 Å². The van der Waals surface area contributed by atoms with Crippen LogP contribution in [0.3, 0.4) is 0 Å². The van der Waals surface area contributed by atoms with Gasteiger partial charge < -0.3 is 14.6 Å². The minimum absolute atomic E-state index is 0.0869. The van der Waals surface area contributed by atoms with Crippen molar-refractivity contribution in [2.24, 2.45) is 5.92 Å². The smallest absolute Gasteiger partial charge is 0.230 e. The molecule has 7 nitrogen and oxygen atoms in total. The second-order valence-corrected chi connectivity index (χ2v) is 8.63. The maximum atomic E-state index is 11.0. The summed E-state index contributed by atoms with van der Waals surface area (Å²) in [5.41, 5.74) is 1.06. The van der Waals surface area contributed by atoms with E-state index in [-0.39, 0.29) is 11.9 Å². The van der Waals surface area contributed by atoms with Crippen LogP contribution >= 0.6 is 11.3 Å². The Hall–Kier alpha value is -2.32. The fraction of sp³-hybridized carbons (Fsp3) is 0.524. The summed E-state index contributed by atoms with van der Waals surface area (Å²) in [6.45, 7) is 6.26. The minimum atomic E-state index is -0.0869. The summed E-state index contributed by atoms with van der Waals surface area (Å²) in [4.78, 5) is 8.59. The van der Waals surface area contributed by atoms with Crippen molar-refractivity contribution in [3.8, 4) is 17.4 Å². The molecule has 0 bridgehead atoms. The summed E-state index contributed by atoms with van der Waals surface area (Å²) in [5, 5.41) is 15.5. The van der Waals surface area contributed by atoms with Crippen LogP contribution in [0.2, 0.25) is 0 Å². The van der Waals surface area contributed by atoms with E-state index in [1.54, 1.807) is 18.7 Å². The Kier molecular flexibility index (Phi) is 5.65. The number of aromatic hydroxyl groups is 1. The van der Waals surface area contributed by atoms with E-state index < -0.39 is 0 Å². The first-order chi connectivity index (χ1) is 14.0. The van der Waals surface area contributed by atoms with Crippen molar-refractivity contribution >= 4 is 16.3 Å². The predicted octanol–water partition coefficient (Wildman–Crippen LogP) is 3.90. The van der Waals surface area contributed by atoms with Gasteiger partial charge in [-0.05, 0) is 43.0 Å². The van der Waals surface area contributed by atoms with Crippen LogP contribution in [-0.2, 0) is 6.42 Å². The van der Waals surface area contributed by atoms with Crippen LogP contribution in [0.1, 0.15) is 49.0 Å². The zero-order valence-electron chi connectivity index (χ0n) is 17.4. The Morgan fingerprint density at radius 1 is 1.28 bits per heavy atom. The molecule has 2 aromatic heterocycles. The number of hydrogen-bond acceptors (Lipinski definition) is 7. The third-order valence-electron chi connectivity index (χ3n) is 5.59. The number of thiazole rings is 1. The molecular weight excluding hydrogens is 388 g/mol. The highest BCUT2D eigenvalue weighted by molar-refractivity contribution is 7.17. The first-order valence-electron chi connectivity index (χ1n) is 10.1. The number of nitrogens with zero attached hydrogens (tertiary/aromatic N) is 4. The zero-order chi connectivity index (χ0) is 20.5. The molecule has 0 saturated carbocycles. The predicted molar refractivity (Wildman–Crippen MR) is 113 cm³/mol. The van der Waals surface area contributed by atoms with Gasteiger partial charge in [-0.15, -0.1) is 5.10 Å². The third-order valence-corrected chi connectivity index (χ3v) is 6.66. The summed E-state index contributed by atoms with van der Waals surface area (Å²) in [7, 11) is 3.28. The van der Waals surface area contributed by atoms with E-state index in [1.165, 1.54) is 17.8 Å². The van der Waals surface area contributed by atoms with Gasteiger partial charge in [0, 0.05) is 13.0 Å². The van der Waals surface area contributed by atoms with Crippen LogP contribution in [0.15, 0.2) is 18.2 Å². The highest BCUT2D eigenvalue weighted by atomic mass is 32.1. The molecule has 1 aliphatic rings. The summed E-state index contributed by atoms with van der Waals surface area (Å²) < 4.78 is 12.5. The van der Waals surface area contributed by atoms with Crippen molar-refractivity contribution in [2.45, 2.75) is 39.2 Å². The van der Waals surface area contributed by atoms with Crippen LogP contribution in [0.25, 0.3) is 4.96 Å². The van der Waals surface area contributed by atoms with Gasteiger partial charge in [0.15, 0.2) is 17.3 Å². The molecule has 8 heteroatoms. The van der Waals surface area contributed by atoms with Crippen molar-refractivity contribution < 1.29 is 14.6 Å². The van der Waals surface area contributed by atoms with Gasteiger partial charge in [-0.3, -0.25) is 4.90 Å². The van der Waals surface area contributed by atoms with Crippen LogP contribution in [0.4, 0.5) is 0 Å². The van der Waals surface area contributed by atoms with Gasteiger partial charge >= 0.3 is 0 Å². The molecule has 1 fully saturated rings. The number of benzene rings is 1. The highest BCUT2D eigenvalue weighted by Gasteiger charge is 2.32. The van der Waals surface area contributed by atoms with Gasteiger partial charge in [-0.25, -0.2) is 4.98 Å². The molecule has 0 amide bonds. The number of rotatable bonds is 6. The van der Waals surface area contributed by atoms with E-state index in [9.17, 15) is 5.11 Å². The number of ether oxygens (including phenoxy) is 2. The number of piperidine rings is 1. The standard InChI is InChI=1S/C21H28N4O3S/c1-5-17-22-21-25(23-17)20(26)19(29-21)18(24-10-6-7-13(2)12-24)14-8-9-15(27-3)16(11-14)28-4/h8-9,11,13,18,26H,5-7,10,12H2,1-4H3/t13-,18+/m0/s1. The van der Waals surface area contributed by atoms with Crippen molar-refractivity contribution in [1.29, 1.82) is 0 Å². The summed E-state index contributed by atoms with van der Waals surface area (Å²) in [6, 6.07) is 5.90. The molecule has 3 aromatic rings. The second-order valence-electron chi connectivity index (χ2n) is 7.63. The van der Waals surface area contributed by atoms with E-state index in [1.807, 2.05) is 19.1 Å². The Balaban J connectivity index is 1.83. The quantitative estimate of drug-likeness (QED) is 0.657. The largest absolute Gasteiger partial charge is 0.493 e. The SMILES string of the molecule is CCc1nc2sc([C@@H](c3ccc(OC)c(OC)c3)N3CCC[C@H](C)C3)c(O)n2n1. The Bertz CT molecular complexity index is 999. The highest BCUT2D eigenvalue weighted by Crippen LogP contribution is 2.43. The summed E-state index contributed by atoms with van der Waals surface area (Å²) in [6.07, 6.45) is 3.12. The van der Waals surface area contributed by atoms with Crippen molar-refractivity contribution in [3.63, 3.8) is 0 Å². The molecule has 1 N–H and O–H groups in total. The lowest BCUT2D eigenvalue weighted by Crippen LogP contribution is -2.37. The van der Waals surface area contributed by atoms with Gasteiger partial charge in [0.1, 0.15) is 0 Å². The van der Waals surface area contributed by atoms with Gasteiger partial charge in [0.2, 0.25) is 10.8 Å². The van der Waals surface area contributed by atoms with Crippen LogP contribution < -0.4 is 9.47 Å². The first kappa shape index (κ1) is 20.0. The molecule has 0 radical (unpaired) electrons. The van der Waals surface area contributed by atoms with E-state index in [2.05, 4.69) is 28.0 Å². The maximum absolute atomic E-state index is 11.0. The lowest BCUT2D eigenvalue weighted by Gasteiger charge is -2.37. The number of methoxy groups -OCH3 is 2. The normalized spacial score (nSPS) is 18.8. The Morgan fingerprint density at radius 3 is 2.72 bits per heavy atom. The molecule has 29 heavy (non-hydrogen) atoms. The molecule has 0 unspecified atom stereocenters. The number of aryl methyl sites for hydroxylation is 1. The van der Waals surface area contributed by atoms with Gasteiger partial charge in [-0.1, -0.05) is 31.3 Å². The molecule has 1 saturated heterocycles. The average Bonchev–Trinajstić information content (AvgIpc) is 3.27. The van der Waals surface area contributed by atoms with E-state index in [0.29, 0.717) is 17.4 Å². The zero-order valence-corrected chi connectivity index (χ0v) is 18.2. The first-order valence-corrected chi connectivity index (χ1v) is 10.9. The number of likely N-dealkylation sites (tertiary alicyclic amines) is 1. The van der Waals surface area contributed by atoms with Crippen LogP contribution in [-0.4, -0.2) is 51.9 Å². The summed E-state index contributed by atoms with van der Waals surface area (Å²) >= 11 is 1.51. The molecule has 1 aromatic carbocycles. The number of hydrogen-bond donors (Lipinski definition) is 1. The molecule has 4 rings (SSSR count). The molecule has 156 valence electrons. The molecular formula is C21H28N4O3S. The molecule has 0 spiro atoms. The maximum Gasteiger partial charge on any atom is 0.230 e. The number of fused-ring (bicyclic) bond motifs is 1. The van der Waals surface area contributed by atoms with Gasteiger partial charge in [-0.2, -0.15) is 4.52 Å². The Morgan fingerprint density at radius 2 is 2.07 bits per heavy atom.